The second kappa shape index (κ2) is 6.86. The van der Waals surface area contributed by atoms with Gasteiger partial charge in [-0.15, -0.1) is 0 Å². The molecule has 0 radical (unpaired) electrons. The van der Waals surface area contributed by atoms with Crippen LogP contribution in [0.3, 0.4) is 0 Å². The minimum absolute atomic E-state index is 0.0963. The maximum atomic E-state index is 13.0. The van der Waals surface area contributed by atoms with Crippen LogP contribution in [0.5, 0.6) is 11.5 Å². The van der Waals surface area contributed by atoms with Gasteiger partial charge in [0.2, 0.25) is 5.91 Å². The maximum absolute atomic E-state index is 13.0. The van der Waals surface area contributed by atoms with Crippen LogP contribution in [-0.2, 0) is 10.2 Å². The summed E-state index contributed by atoms with van der Waals surface area (Å²) in [6.45, 7) is 4.36. The van der Waals surface area contributed by atoms with Crippen molar-refractivity contribution >= 4 is 17.6 Å². The van der Waals surface area contributed by atoms with Gasteiger partial charge >= 0.3 is 5.97 Å². The van der Waals surface area contributed by atoms with Crippen molar-refractivity contribution in [2.45, 2.75) is 38.2 Å². The third-order valence-corrected chi connectivity index (χ3v) is 5.47. The molecule has 1 fully saturated rings. The molecule has 6 heteroatoms. The van der Waals surface area contributed by atoms with E-state index in [0.29, 0.717) is 18.0 Å². The number of anilines is 1. The van der Waals surface area contributed by atoms with Gasteiger partial charge in [0.25, 0.3) is 0 Å². The summed E-state index contributed by atoms with van der Waals surface area (Å²) in [4.78, 5) is 24.4. The highest BCUT2D eigenvalue weighted by Gasteiger charge is 2.61. The lowest BCUT2D eigenvalue weighted by molar-refractivity contribution is -0.117. The van der Waals surface area contributed by atoms with Crippen molar-refractivity contribution in [3.05, 3.63) is 53.6 Å². The van der Waals surface area contributed by atoms with Crippen LogP contribution in [-0.4, -0.2) is 29.7 Å². The van der Waals surface area contributed by atoms with Gasteiger partial charge in [-0.1, -0.05) is 18.2 Å². The summed E-state index contributed by atoms with van der Waals surface area (Å²) in [5.74, 6) is -0.0187. The number of carboxylic acids is 1. The zero-order valence-corrected chi connectivity index (χ0v) is 15.9. The second-order valence-electron chi connectivity index (χ2n) is 7.68. The van der Waals surface area contributed by atoms with Gasteiger partial charge in [-0.05, 0) is 51.0 Å². The first-order valence-electron chi connectivity index (χ1n) is 9.48. The standard InChI is InChI=1S/C22H23NO5/c1-13(2)28-19-8-7-14(21(25)26)11-17(19)23-20(24)16-12-22(16)9-10-27-18-6-4-3-5-15(18)22/h3-8,11,13,16H,9-10,12H2,1-2H3,(H,23,24)(H,25,26)/t16-,22-/m0/s1. The summed E-state index contributed by atoms with van der Waals surface area (Å²) < 4.78 is 11.5. The van der Waals surface area contributed by atoms with Crippen molar-refractivity contribution in [1.82, 2.24) is 0 Å². The fourth-order valence-corrected chi connectivity index (χ4v) is 4.04. The van der Waals surface area contributed by atoms with Crippen LogP contribution in [0.2, 0.25) is 0 Å². The van der Waals surface area contributed by atoms with Gasteiger partial charge in [-0.25, -0.2) is 4.79 Å². The van der Waals surface area contributed by atoms with Crippen LogP contribution in [0.4, 0.5) is 5.69 Å². The fourth-order valence-electron chi connectivity index (χ4n) is 4.04. The minimum Gasteiger partial charge on any atom is -0.493 e. The first-order valence-corrected chi connectivity index (χ1v) is 9.48. The summed E-state index contributed by atoms with van der Waals surface area (Å²) >= 11 is 0. The molecule has 146 valence electrons. The van der Waals surface area contributed by atoms with Gasteiger partial charge < -0.3 is 19.9 Å². The Hall–Kier alpha value is -3.02. The van der Waals surface area contributed by atoms with Gasteiger partial charge in [0.05, 0.1) is 24.0 Å². The molecule has 0 bridgehead atoms. The van der Waals surface area contributed by atoms with Crippen molar-refractivity contribution in [1.29, 1.82) is 0 Å². The molecule has 2 aromatic carbocycles. The summed E-state index contributed by atoms with van der Waals surface area (Å²) in [7, 11) is 0. The Bertz CT molecular complexity index is 938. The quantitative estimate of drug-likeness (QED) is 0.822. The molecule has 2 aliphatic rings. The summed E-state index contributed by atoms with van der Waals surface area (Å²) in [6, 6.07) is 12.4. The van der Waals surface area contributed by atoms with E-state index in [1.165, 1.54) is 12.1 Å². The Labute approximate surface area is 163 Å². The Balaban J connectivity index is 1.58. The van der Waals surface area contributed by atoms with Gasteiger partial charge in [0, 0.05) is 16.9 Å². The van der Waals surface area contributed by atoms with Gasteiger partial charge in [-0.3, -0.25) is 4.79 Å². The SMILES string of the molecule is CC(C)Oc1ccc(C(=O)O)cc1NC(=O)[C@@H]1C[C@]12CCOc1ccccc12. The third-order valence-electron chi connectivity index (χ3n) is 5.47. The van der Waals surface area contributed by atoms with Gasteiger partial charge in [0.1, 0.15) is 11.5 Å². The van der Waals surface area contributed by atoms with Crippen LogP contribution in [0.25, 0.3) is 0 Å². The average molecular weight is 381 g/mol. The van der Waals surface area contributed by atoms with Crippen LogP contribution in [0.15, 0.2) is 42.5 Å². The molecule has 1 aliphatic carbocycles. The minimum atomic E-state index is -1.05. The van der Waals surface area contributed by atoms with E-state index in [2.05, 4.69) is 5.32 Å². The van der Waals surface area contributed by atoms with Crippen molar-refractivity contribution in [2.75, 3.05) is 11.9 Å². The molecule has 1 aliphatic heterocycles. The smallest absolute Gasteiger partial charge is 0.335 e. The molecule has 28 heavy (non-hydrogen) atoms. The number of carbonyl (C=O) groups excluding carboxylic acids is 1. The van der Waals surface area contributed by atoms with Crippen LogP contribution in [0, 0.1) is 5.92 Å². The highest BCUT2D eigenvalue weighted by atomic mass is 16.5. The van der Waals surface area contributed by atoms with E-state index < -0.39 is 5.97 Å². The fraction of sp³-hybridized carbons (Fsp3) is 0.364. The summed E-state index contributed by atoms with van der Waals surface area (Å²) in [6.07, 6.45) is 1.46. The van der Waals surface area contributed by atoms with E-state index >= 15 is 0 Å². The van der Waals surface area contributed by atoms with E-state index in [-0.39, 0.29) is 28.9 Å². The Morgan fingerprint density at radius 1 is 1.25 bits per heavy atom. The lowest BCUT2D eigenvalue weighted by Crippen LogP contribution is -2.27. The summed E-state index contributed by atoms with van der Waals surface area (Å²) in [5.41, 5.74) is 1.39. The number of carboxylic acid groups (broad SMARTS) is 1. The number of benzene rings is 2. The van der Waals surface area contributed by atoms with Crippen molar-refractivity contribution in [3.8, 4) is 11.5 Å². The Kier molecular flexibility index (Phi) is 4.49. The summed E-state index contributed by atoms with van der Waals surface area (Å²) in [5, 5.41) is 12.2. The van der Waals surface area contributed by atoms with Gasteiger partial charge in [0.15, 0.2) is 0 Å². The molecule has 6 nitrogen and oxygen atoms in total. The molecule has 2 N–H and O–H groups in total. The molecule has 1 amide bonds. The molecule has 4 rings (SSSR count). The Morgan fingerprint density at radius 3 is 2.79 bits per heavy atom. The first kappa shape index (κ1) is 18.3. The lowest BCUT2D eigenvalue weighted by Gasteiger charge is -2.26. The van der Waals surface area contributed by atoms with E-state index in [1.807, 2.05) is 38.1 Å². The maximum Gasteiger partial charge on any atom is 0.335 e. The molecule has 0 saturated heterocycles. The predicted octanol–water partition coefficient (Wildman–Crippen LogP) is 3.85. The van der Waals surface area contributed by atoms with Crippen LogP contribution < -0.4 is 14.8 Å². The third kappa shape index (κ3) is 3.19. The zero-order valence-electron chi connectivity index (χ0n) is 15.9. The van der Waals surface area contributed by atoms with Crippen molar-refractivity contribution in [3.63, 3.8) is 0 Å². The molecule has 2 atom stereocenters. The number of carbonyl (C=O) groups is 2. The zero-order chi connectivity index (χ0) is 19.9. The molecule has 1 heterocycles. The number of fused-ring (bicyclic) bond motifs is 2. The number of amides is 1. The number of hydrogen-bond acceptors (Lipinski definition) is 4. The predicted molar refractivity (Wildman–Crippen MR) is 104 cm³/mol. The van der Waals surface area contributed by atoms with E-state index in [0.717, 1.165) is 24.2 Å². The molecule has 0 aromatic heterocycles. The second-order valence-corrected chi connectivity index (χ2v) is 7.68. The van der Waals surface area contributed by atoms with E-state index in [4.69, 9.17) is 9.47 Å². The number of hydrogen-bond donors (Lipinski definition) is 2. The normalized spacial score (nSPS) is 22.3. The molecule has 2 aromatic rings. The van der Waals surface area contributed by atoms with Gasteiger partial charge in [-0.2, -0.15) is 0 Å². The molecule has 1 saturated carbocycles. The highest BCUT2D eigenvalue weighted by Crippen LogP contribution is 2.61. The highest BCUT2D eigenvalue weighted by molar-refractivity contribution is 5.99. The Morgan fingerprint density at radius 2 is 2.04 bits per heavy atom. The molecular weight excluding hydrogens is 358 g/mol. The number of para-hydroxylation sites is 1. The van der Waals surface area contributed by atoms with Crippen LogP contribution in [0.1, 0.15) is 42.6 Å². The molecular formula is C22H23NO5. The van der Waals surface area contributed by atoms with Crippen LogP contribution >= 0.6 is 0 Å². The van der Waals surface area contributed by atoms with Crippen molar-refractivity contribution in [2.24, 2.45) is 5.92 Å². The largest absolute Gasteiger partial charge is 0.493 e. The molecule has 0 unspecified atom stereocenters. The van der Waals surface area contributed by atoms with E-state index in [9.17, 15) is 14.7 Å². The first-order chi connectivity index (χ1) is 13.4. The number of rotatable bonds is 5. The monoisotopic (exact) mass is 381 g/mol. The topological polar surface area (TPSA) is 84.9 Å². The lowest BCUT2D eigenvalue weighted by atomic mass is 9.87. The van der Waals surface area contributed by atoms with Crippen molar-refractivity contribution < 1.29 is 24.2 Å². The molecule has 1 spiro atoms. The number of ether oxygens (including phenoxy) is 2. The average Bonchev–Trinajstić information content (AvgIpc) is 3.38. The number of aromatic carboxylic acids is 1. The van der Waals surface area contributed by atoms with E-state index in [1.54, 1.807) is 6.07 Å². The number of nitrogens with one attached hydrogen (secondary N) is 1.